The van der Waals surface area contributed by atoms with Crippen molar-refractivity contribution in [1.29, 1.82) is 0 Å². The molecule has 0 atom stereocenters. The van der Waals surface area contributed by atoms with E-state index in [9.17, 15) is 13.6 Å². The lowest BCUT2D eigenvalue weighted by atomic mass is 9.96. The molecule has 21 heavy (non-hydrogen) atoms. The molecule has 116 valence electrons. The number of carbonyl (C=O) groups excluding carboxylic acids is 1. The molecule has 0 N–H and O–H groups in total. The second-order valence-corrected chi connectivity index (χ2v) is 6.00. The summed E-state index contributed by atoms with van der Waals surface area (Å²) < 4.78 is 26.0. The first kappa shape index (κ1) is 16.0. The minimum Gasteiger partial charge on any atom is -0.306 e. The molecule has 0 amide bonds. The van der Waals surface area contributed by atoms with Gasteiger partial charge in [-0.1, -0.05) is 0 Å². The van der Waals surface area contributed by atoms with Gasteiger partial charge < -0.3 is 4.90 Å². The Morgan fingerprint density at radius 3 is 2.57 bits per heavy atom. The second-order valence-electron chi connectivity index (χ2n) is 6.00. The van der Waals surface area contributed by atoms with Gasteiger partial charge in [0.25, 0.3) is 0 Å². The molecular formula is C16H22F2N2O. The summed E-state index contributed by atoms with van der Waals surface area (Å²) in [6.07, 6.45) is 2.28. The maximum atomic E-state index is 13.1. The molecule has 3 nitrogen and oxygen atoms in total. The number of carbonyl (C=O) groups is 1. The van der Waals surface area contributed by atoms with Crippen LogP contribution in [0, 0.1) is 17.6 Å². The summed E-state index contributed by atoms with van der Waals surface area (Å²) in [4.78, 5) is 16.4. The monoisotopic (exact) mass is 296 g/mol. The number of nitrogens with zero attached hydrogens (tertiary/aromatic N) is 2. The summed E-state index contributed by atoms with van der Waals surface area (Å²) in [5.41, 5.74) is 0.226. The molecule has 1 aliphatic rings. The molecule has 1 aromatic carbocycles. The van der Waals surface area contributed by atoms with Crippen molar-refractivity contribution >= 4 is 5.78 Å². The van der Waals surface area contributed by atoms with Gasteiger partial charge >= 0.3 is 0 Å². The lowest BCUT2D eigenvalue weighted by molar-refractivity contribution is 0.0924. The molecule has 0 spiro atoms. The number of likely N-dealkylation sites (N-methyl/N-ethyl adjacent to an activating group) is 1. The van der Waals surface area contributed by atoms with Crippen LogP contribution < -0.4 is 0 Å². The van der Waals surface area contributed by atoms with Gasteiger partial charge in [0.2, 0.25) is 0 Å². The lowest BCUT2D eigenvalue weighted by Gasteiger charge is -2.31. The van der Waals surface area contributed by atoms with Gasteiger partial charge in [0.1, 0.15) is 0 Å². The van der Waals surface area contributed by atoms with Crippen molar-refractivity contribution in [2.45, 2.75) is 12.8 Å². The predicted octanol–water partition coefficient (Wildman–Crippen LogP) is 2.42. The van der Waals surface area contributed by atoms with Crippen molar-refractivity contribution in [3.63, 3.8) is 0 Å². The number of piperidine rings is 1. The molecule has 0 aromatic heterocycles. The van der Waals surface area contributed by atoms with Crippen LogP contribution in [0.1, 0.15) is 23.2 Å². The van der Waals surface area contributed by atoms with E-state index in [2.05, 4.69) is 11.9 Å². The number of rotatable bonds is 5. The number of hydrogen-bond acceptors (Lipinski definition) is 3. The topological polar surface area (TPSA) is 23.6 Å². The third kappa shape index (κ3) is 4.58. The largest absolute Gasteiger partial charge is 0.306 e. The third-order valence-corrected chi connectivity index (χ3v) is 4.06. The summed E-state index contributed by atoms with van der Waals surface area (Å²) in [6, 6.07) is 3.31. The zero-order valence-corrected chi connectivity index (χ0v) is 12.6. The highest BCUT2D eigenvalue weighted by atomic mass is 19.2. The number of hydrogen-bond donors (Lipinski definition) is 0. The van der Waals surface area contributed by atoms with Crippen LogP contribution in [0.25, 0.3) is 0 Å². The van der Waals surface area contributed by atoms with E-state index in [0.717, 1.165) is 44.6 Å². The molecule has 0 aliphatic carbocycles. The van der Waals surface area contributed by atoms with Gasteiger partial charge in [-0.25, -0.2) is 8.78 Å². The summed E-state index contributed by atoms with van der Waals surface area (Å²) in [7, 11) is 4.02. The van der Waals surface area contributed by atoms with Crippen molar-refractivity contribution in [2.75, 3.05) is 40.3 Å². The third-order valence-electron chi connectivity index (χ3n) is 4.06. The highest BCUT2D eigenvalue weighted by Gasteiger charge is 2.19. The van der Waals surface area contributed by atoms with Crippen molar-refractivity contribution in [3.8, 4) is 0 Å². The quantitative estimate of drug-likeness (QED) is 0.780. The molecule has 0 radical (unpaired) electrons. The number of ketones is 1. The molecule has 0 bridgehead atoms. The van der Waals surface area contributed by atoms with Crippen LogP contribution >= 0.6 is 0 Å². The van der Waals surface area contributed by atoms with Gasteiger partial charge in [0, 0.05) is 12.1 Å². The Bertz CT molecular complexity index is 499. The van der Waals surface area contributed by atoms with Crippen molar-refractivity contribution in [1.82, 2.24) is 9.80 Å². The summed E-state index contributed by atoms with van der Waals surface area (Å²) in [6.45, 7) is 3.28. The molecule has 1 saturated heterocycles. The van der Waals surface area contributed by atoms with E-state index in [4.69, 9.17) is 0 Å². The Kier molecular flexibility index (Phi) is 5.42. The minimum absolute atomic E-state index is 0.177. The van der Waals surface area contributed by atoms with E-state index < -0.39 is 11.6 Å². The van der Waals surface area contributed by atoms with Gasteiger partial charge in [0.15, 0.2) is 17.4 Å². The molecule has 1 aliphatic heterocycles. The number of Topliss-reactive ketones (excluding diaryl/α,β-unsaturated/α-hetero) is 1. The first-order valence-electron chi connectivity index (χ1n) is 7.31. The fourth-order valence-electron chi connectivity index (χ4n) is 2.76. The van der Waals surface area contributed by atoms with Crippen LogP contribution in [0.5, 0.6) is 0 Å². The van der Waals surface area contributed by atoms with E-state index in [1.165, 1.54) is 6.07 Å². The van der Waals surface area contributed by atoms with Crippen molar-refractivity contribution in [3.05, 3.63) is 35.4 Å². The summed E-state index contributed by atoms with van der Waals surface area (Å²) in [5.74, 6) is -1.47. The number of benzene rings is 1. The van der Waals surface area contributed by atoms with Gasteiger partial charge in [-0.05, 0) is 64.1 Å². The Morgan fingerprint density at radius 2 is 1.95 bits per heavy atom. The minimum atomic E-state index is -0.973. The van der Waals surface area contributed by atoms with Gasteiger partial charge in [-0.3, -0.25) is 9.69 Å². The Morgan fingerprint density at radius 1 is 1.29 bits per heavy atom. The Balaban J connectivity index is 1.85. The number of halogens is 2. The molecule has 2 rings (SSSR count). The maximum Gasteiger partial charge on any atom is 0.176 e. The fourth-order valence-corrected chi connectivity index (χ4v) is 2.76. The molecule has 0 saturated carbocycles. The van der Waals surface area contributed by atoms with Crippen LogP contribution in [0.2, 0.25) is 0 Å². The highest BCUT2D eigenvalue weighted by Crippen LogP contribution is 2.17. The fraction of sp³-hybridized carbons (Fsp3) is 0.562. The van der Waals surface area contributed by atoms with E-state index in [-0.39, 0.29) is 17.9 Å². The van der Waals surface area contributed by atoms with Crippen molar-refractivity contribution in [2.24, 2.45) is 5.92 Å². The SMILES string of the molecule is CN1CCC(CN(C)CC(=O)c2ccc(F)c(F)c2)CC1. The molecule has 1 aromatic rings. The maximum absolute atomic E-state index is 13.1. The normalized spacial score (nSPS) is 17.4. The molecule has 5 heteroatoms. The predicted molar refractivity (Wildman–Crippen MR) is 78.4 cm³/mol. The average molecular weight is 296 g/mol. The first-order chi connectivity index (χ1) is 9.95. The Hall–Kier alpha value is -1.33. The van der Waals surface area contributed by atoms with Crippen molar-refractivity contribution < 1.29 is 13.6 Å². The van der Waals surface area contributed by atoms with Gasteiger partial charge in [0.05, 0.1) is 6.54 Å². The lowest BCUT2D eigenvalue weighted by Crippen LogP contribution is -2.37. The summed E-state index contributed by atoms with van der Waals surface area (Å²) in [5, 5.41) is 0. The molecule has 1 fully saturated rings. The van der Waals surface area contributed by atoms with Crippen LogP contribution in [-0.2, 0) is 0 Å². The van der Waals surface area contributed by atoms with Crippen LogP contribution in [-0.4, -0.2) is 55.9 Å². The Labute approximate surface area is 124 Å². The molecule has 1 heterocycles. The van der Waals surface area contributed by atoms with E-state index in [0.29, 0.717) is 5.92 Å². The highest BCUT2D eigenvalue weighted by molar-refractivity contribution is 5.97. The number of likely N-dealkylation sites (tertiary alicyclic amines) is 1. The standard InChI is InChI=1S/C16H22F2N2O/c1-19-7-5-12(6-8-19)10-20(2)11-16(21)13-3-4-14(17)15(18)9-13/h3-4,9,12H,5-8,10-11H2,1-2H3. The molecule has 0 unspecified atom stereocenters. The van der Waals surface area contributed by atoms with E-state index in [1.807, 2.05) is 11.9 Å². The van der Waals surface area contributed by atoms with Gasteiger partial charge in [-0.15, -0.1) is 0 Å². The first-order valence-corrected chi connectivity index (χ1v) is 7.31. The smallest absolute Gasteiger partial charge is 0.176 e. The zero-order chi connectivity index (χ0) is 15.4. The second kappa shape index (κ2) is 7.09. The van der Waals surface area contributed by atoms with Gasteiger partial charge in [-0.2, -0.15) is 0 Å². The van der Waals surface area contributed by atoms with Crippen LogP contribution in [0.3, 0.4) is 0 Å². The molecular weight excluding hydrogens is 274 g/mol. The zero-order valence-electron chi connectivity index (χ0n) is 12.6. The summed E-state index contributed by atoms with van der Waals surface area (Å²) >= 11 is 0. The average Bonchev–Trinajstić information content (AvgIpc) is 2.44. The van der Waals surface area contributed by atoms with Crippen LogP contribution in [0.15, 0.2) is 18.2 Å². The van der Waals surface area contributed by atoms with E-state index >= 15 is 0 Å². The van der Waals surface area contributed by atoms with Crippen LogP contribution in [0.4, 0.5) is 8.78 Å². The van der Waals surface area contributed by atoms with E-state index in [1.54, 1.807) is 0 Å².